The Morgan fingerprint density at radius 1 is 1.48 bits per heavy atom. The van der Waals surface area contributed by atoms with Crippen LogP contribution in [0.15, 0.2) is 22.7 Å². The lowest BCUT2D eigenvalue weighted by Gasteiger charge is -2.18. The van der Waals surface area contributed by atoms with Gasteiger partial charge < -0.3 is 0 Å². The summed E-state index contributed by atoms with van der Waals surface area (Å²) in [6, 6.07) is 5.05. The molecule has 0 spiro atoms. The molecule has 1 unspecified atom stereocenters. The molecular weight excluding hydrogens is 335 g/mol. The number of aryl methyl sites for hydroxylation is 3. The third-order valence-corrected chi connectivity index (χ3v) is 4.61. The fraction of sp³-hybridized carbons (Fsp3) is 0.400. The van der Waals surface area contributed by atoms with Crippen molar-refractivity contribution in [3.05, 3.63) is 51.0 Å². The molecule has 114 valence electrons. The van der Waals surface area contributed by atoms with E-state index in [-0.39, 0.29) is 11.9 Å². The van der Waals surface area contributed by atoms with Crippen LogP contribution >= 0.6 is 15.9 Å². The smallest absolute Gasteiger partial charge is 0.130 e. The summed E-state index contributed by atoms with van der Waals surface area (Å²) in [5, 5.41) is 4.46. The van der Waals surface area contributed by atoms with Gasteiger partial charge in [-0.1, -0.05) is 25.1 Å². The van der Waals surface area contributed by atoms with Crippen molar-refractivity contribution in [3.8, 4) is 0 Å². The molecule has 0 bridgehead atoms. The second-order valence-corrected chi connectivity index (χ2v) is 5.88. The van der Waals surface area contributed by atoms with Gasteiger partial charge in [-0.15, -0.1) is 0 Å². The van der Waals surface area contributed by atoms with Crippen molar-refractivity contribution in [1.82, 2.24) is 15.2 Å². The molecule has 0 fully saturated rings. The van der Waals surface area contributed by atoms with Crippen molar-refractivity contribution in [2.45, 2.75) is 32.7 Å². The van der Waals surface area contributed by atoms with E-state index in [9.17, 15) is 4.39 Å². The van der Waals surface area contributed by atoms with Gasteiger partial charge in [-0.25, -0.2) is 4.39 Å². The minimum Gasteiger partial charge on any atom is -0.271 e. The van der Waals surface area contributed by atoms with Crippen molar-refractivity contribution in [2.24, 2.45) is 12.9 Å². The molecule has 1 atom stereocenters. The Labute approximate surface area is 132 Å². The number of nitrogens with two attached hydrogens (primary N) is 1. The Bertz CT molecular complexity index is 639. The minimum atomic E-state index is -0.304. The lowest BCUT2D eigenvalue weighted by molar-refractivity contribution is 0.494. The van der Waals surface area contributed by atoms with E-state index in [0.717, 1.165) is 22.3 Å². The van der Waals surface area contributed by atoms with Crippen LogP contribution in [0.3, 0.4) is 0 Å². The monoisotopic (exact) mass is 354 g/mol. The van der Waals surface area contributed by atoms with E-state index < -0.39 is 0 Å². The Morgan fingerprint density at radius 2 is 2.19 bits per heavy atom. The van der Waals surface area contributed by atoms with Crippen LogP contribution in [0.2, 0.25) is 0 Å². The van der Waals surface area contributed by atoms with Gasteiger partial charge in [0.05, 0.1) is 21.9 Å². The molecule has 1 aromatic carbocycles. The van der Waals surface area contributed by atoms with Gasteiger partial charge in [0.2, 0.25) is 0 Å². The molecule has 2 rings (SSSR count). The summed E-state index contributed by atoms with van der Waals surface area (Å²) < 4.78 is 17.1. The molecule has 0 amide bonds. The number of rotatable bonds is 5. The maximum absolute atomic E-state index is 14.3. The van der Waals surface area contributed by atoms with E-state index in [0.29, 0.717) is 17.5 Å². The van der Waals surface area contributed by atoms with Crippen LogP contribution in [-0.4, -0.2) is 9.78 Å². The van der Waals surface area contributed by atoms with Crippen LogP contribution in [-0.2, 0) is 19.9 Å². The summed E-state index contributed by atoms with van der Waals surface area (Å²) in [6.45, 7) is 3.80. The van der Waals surface area contributed by atoms with Gasteiger partial charge >= 0.3 is 0 Å². The van der Waals surface area contributed by atoms with E-state index in [4.69, 9.17) is 5.84 Å². The second kappa shape index (κ2) is 6.68. The van der Waals surface area contributed by atoms with Crippen LogP contribution in [0.25, 0.3) is 0 Å². The quantitative estimate of drug-likeness (QED) is 0.641. The lowest BCUT2D eigenvalue weighted by atomic mass is 9.99. The van der Waals surface area contributed by atoms with Crippen LogP contribution in [0.4, 0.5) is 4.39 Å². The predicted molar refractivity (Wildman–Crippen MR) is 85.2 cm³/mol. The summed E-state index contributed by atoms with van der Waals surface area (Å²) in [4.78, 5) is 0. The highest BCUT2D eigenvalue weighted by Gasteiger charge is 2.21. The molecule has 0 aliphatic carbocycles. The summed E-state index contributed by atoms with van der Waals surface area (Å²) in [5.74, 6) is 5.44. The molecule has 0 saturated carbocycles. The Morgan fingerprint density at radius 3 is 2.76 bits per heavy atom. The maximum Gasteiger partial charge on any atom is 0.130 e. The fourth-order valence-corrected chi connectivity index (χ4v) is 3.21. The molecule has 0 saturated heterocycles. The Hall–Kier alpha value is -1.24. The molecule has 6 heteroatoms. The van der Waals surface area contributed by atoms with Gasteiger partial charge in [0.1, 0.15) is 5.82 Å². The highest BCUT2D eigenvalue weighted by Crippen LogP contribution is 2.28. The van der Waals surface area contributed by atoms with Crippen LogP contribution in [0.5, 0.6) is 0 Å². The zero-order chi connectivity index (χ0) is 15.6. The lowest BCUT2D eigenvalue weighted by Crippen LogP contribution is -2.31. The third-order valence-electron chi connectivity index (χ3n) is 3.70. The zero-order valence-electron chi connectivity index (χ0n) is 12.5. The summed E-state index contributed by atoms with van der Waals surface area (Å²) in [6.07, 6.45) is 1.40. The Kier molecular flexibility index (Phi) is 5.13. The molecule has 1 heterocycles. The largest absolute Gasteiger partial charge is 0.271 e. The van der Waals surface area contributed by atoms with Crippen molar-refractivity contribution < 1.29 is 4.39 Å². The number of benzene rings is 1. The van der Waals surface area contributed by atoms with Crippen molar-refractivity contribution in [1.29, 1.82) is 0 Å². The van der Waals surface area contributed by atoms with Crippen LogP contribution < -0.4 is 11.3 Å². The summed E-state index contributed by atoms with van der Waals surface area (Å²) in [7, 11) is 1.89. The van der Waals surface area contributed by atoms with Gasteiger partial charge in [-0.05, 0) is 34.8 Å². The number of hydrogen-bond donors (Lipinski definition) is 2. The number of nitrogens with zero attached hydrogens (tertiary/aromatic N) is 2. The van der Waals surface area contributed by atoms with E-state index in [1.54, 1.807) is 19.1 Å². The number of aromatic nitrogens is 2. The molecular formula is C15H20BrFN4. The number of hydrogen-bond acceptors (Lipinski definition) is 3. The molecule has 0 aliphatic heterocycles. The number of hydrazine groups is 1. The van der Waals surface area contributed by atoms with Gasteiger partial charge in [0.15, 0.2) is 0 Å². The first kappa shape index (κ1) is 16.1. The first-order chi connectivity index (χ1) is 9.99. The molecule has 2 aromatic rings. The third kappa shape index (κ3) is 3.17. The highest BCUT2D eigenvalue weighted by atomic mass is 79.9. The van der Waals surface area contributed by atoms with Gasteiger partial charge in [0.25, 0.3) is 0 Å². The van der Waals surface area contributed by atoms with Gasteiger partial charge in [-0.2, -0.15) is 5.10 Å². The van der Waals surface area contributed by atoms with Gasteiger partial charge in [0, 0.05) is 19.0 Å². The van der Waals surface area contributed by atoms with Gasteiger partial charge in [-0.3, -0.25) is 16.0 Å². The maximum atomic E-state index is 14.3. The SMILES string of the molecule is CCc1nn(C)c(CC(NN)c2cccc(C)c2F)c1Br. The van der Waals surface area contributed by atoms with E-state index in [1.165, 1.54) is 0 Å². The summed E-state index contributed by atoms with van der Waals surface area (Å²) >= 11 is 3.58. The average Bonchev–Trinajstić information content (AvgIpc) is 2.74. The van der Waals surface area contributed by atoms with Crippen molar-refractivity contribution in [2.75, 3.05) is 0 Å². The highest BCUT2D eigenvalue weighted by molar-refractivity contribution is 9.10. The molecule has 21 heavy (non-hydrogen) atoms. The molecule has 4 nitrogen and oxygen atoms in total. The molecule has 0 radical (unpaired) electrons. The van der Waals surface area contributed by atoms with Crippen LogP contribution in [0, 0.1) is 12.7 Å². The first-order valence-electron chi connectivity index (χ1n) is 6.90. The Balaban J connectivity index is 2.36. The van der Waals surface area contributed by atoms with E-state index in [2.05, 4.69) is 33.4 Å². The zero-order valence-corrected chi connectivity index (χ0v) is 14.0. The topological polar surface area (TPSA) is 55.9 Å². The molecule has 1 aromatic heterocycles. The molecule has 3 N–H and O–H groups in total. The summed E-state index contributed by atoms with van der Waals surface area (Å²) in [5.41, 5.74) is 5.89. The standard InChI is InChI=1S/C15H20BrFN4/c1-4-11-14(16)13(21(3)20-11)8-12(19-18)10-7-5-6-9(2)15(10)17/h5-7,12,19H,4,8,18H2,1-3H3. The normalized spacial score (nSPS) is 12.7. The molecule has 0 aliphatic rings. The first-order valence-corrected chi connectivity index (χ1v) is 7.70. The predicted octanol–water partition coefficient (Wildman–Crippen LogP) is 2.94. The minimum absolute atomic E-state index is 0.213. The van der Waals surface area contributed by atoms with Crippen LogP contribution in [0.1, 0.15) is 35.5 Å². The van der Waals surface area contributed by atoms with Crippen molar-refractivity contribution >= 4 is 15.9 Å². The number of nitrogens with one attached hydrogen (secondary N) is 1. The van der Waals surface area contributed by atoms with E-state index >= 15 is 0 Å². The second-order valence-electron chi connectivity index (χ2n) is 5.09. The average molecular weight is 355 g/mol. The fourth-order valence-electron chi connectivity index (χ4n) is 2.43. The number of halogens is 2. The van der Waals surface area contributed by atoms with E-state index in [1.807, 2.05) is 17.8 Å². The van der Waals surface area contributed by atoms with Crippen molar-refractivity contribution in [3.63, 3.8) is 0 Å².